The van der Waals surface area contributed by atoms with E-state index in [1.807, 2.05) is 54.6 Å². The normalized spacial score (nSPS) is 10.5. The Bertz CT molecular complexity index is 814. The second-order valence-electron chi connectivity index (χ2n) is 5.32. The highest BCUT2D eigenvalue weighted by Crippen LogP contribution is 2.18. The van der Waals surface area contributed by atoms with Crippen LogP contribution < -0.4 is 0 Å². The highest BCUT2D eigenvalue weighted by molar-refractivity contribution is 6.30. The molecule has 0 spiro atoms. The molecule has 0 aliphatic heterocycles. The van der Waals surface area contributed by atoms with E-state index >= 15 is 0 Å². The predicted octanol–water partition coefficient (Wildman–Crippen LogP) is 4.00. The van der Waals surface area contributed by atoms with Crippen molar-refractivity contribution in [1.29, 1.82) is 0 Å². The Morgan fingerprint density at radius 1 is 1.13 bits per heavy atom. The van der Waals surface area contributed by atoms with Gasteiger partial charge in [-0.25, -0.2) is 0 Å². The number of hydrogen-bond donors (Lipinski definition) is 1. The standard InChI is InChI=1S/C18H16ClN3O/c1-22(12-13-6-5-9-15(19)10-13)18(23)17-11-16(20-21-17)14-7-3-2-4-8-14/h2-11H,12H2,1H3,(H,20,21). The van der Waals surface area contributed by atoms with Gasteiger partial charge in [-0.2, -0.15) is 5.10 Å². The van der Waals surface area contributed by atoms with Crippen molar-refractivity contribution in [3.05, 3.63) is 76.9 Å². The first-order valence-corrected chi connectivity index (χ1v) is 7.62. The Kier molecular flexibility index (Phi) is 4.44. The average molecular weight is 326 g/mol. The monoisotopic (exact) mass is 325 g/mol. The van der Waals surface area contributed by atoms with Crippen LogP contribution in [0.3, 0.4) is 0 Å². The number of carbonyl (C=O) groups is 1. The summed E-state index contributed by atoms with van der Waals surface area (Å²) in [6.45, 7) is 0.485. The van der Waals surface area contributed by atoms with Crippen molar-refractivity contribution in [3.63, 3.8) is 0 Å². The van der Waals surface area contributed by atoms with E-state index in [2.05, 4.69) is 10.2 Å². The zero-order valence-corrected chi connectivity index (χ0v) is 13.4. The average Bonchev–Trinajstić information content (AvgIpc) is 3.05. The van der Waals surface area contributed by atoms with Gasteiger partial charge in [-0.15, -0.1) is 0 Å². The molecule has 5 heteroatoms. The Labute approximate surface area is 139 Å². The number of carbonyl (C=O) groups excluding carboxylic acids is 1. The van der Waals surface area contributed by atoms with E-state index in [1.54, 1.807) is 18.0 Å². The molecular weight excluding hydrogens is 310 g/mol. The third-order valence-electron chi connectivity index (χ3n) is 3.53. The second kappa shape index (κ2) is 6.67. The van der Waals surface area contributed by atoms with Gasteiger partial charge in [0, 0.05) is 24.2 Å². The lowest BCUT2D eigenvalue weighted by atomic mass is 10.1. The molecule has 4 nitrogen and oxygen atoms in total. The molecule has 0 unspecified atom stereocenters. The minimum absolute atomic E-state index is 0.111. The van der Waals surface area contributed by atoms with Crippen LogP contribution in [0.1, 0.15) is 16.1 Å². The highest BCUT2D eigenvalue weighted by atomic mass is 35.5. The van der Waals surface area contributed by atoms with Crippen LogP contribution in [0.5, 0.6) is 0 Å². The Morgan fingerprint density at radius 2 is 1.91 bits per heavy atom. The van der Waals surface area contributed by atoms with Gasteiger partial charge in [-0.1, -0.05) is 54.1 Å². The van der Waals surface area contributed by atoms with Gasteiger partial charge in [0.2, 0.25) is 0 Å². The summed E-state index contributed by atoms with van der Waals surface area (Å²) >= 11 is 5.98. The van der Waals surface area contributed by atoms with Crippen molar-refractivity contribution in [2.45, 2.75) is 6.54 Å². The topological polar surface area (TPSA) is 49.0 Å². The molecule has 1 aromatic heterocycles. The van der Waals surface area contributed by atoms with E-state index in [0.29, 0.717) is 17.3 Å². The number of H-pyrrole nitrogens is 1. The Hall–Kier alpha value is -2.59. The fraction of sp³-hybridized carbons (Fsp3) is 0.111. The molecule has 0 aliphatic carbocycles. The number of amides is 1. The molecular formula is C18H16ClN3O. The third-order valence-corrected chi connectivity index (χ3v) is 3.77. The van der Waals surface area contributed by atoms with E-state index in [1.165, 1.54) is 0 Å². The van der Waals surface area contributed by atoms with Crippen LogP contribution in [-0.2, 0) is 6.54 Å². The van der Waals surface area contributed by atoms with Crippen LogP contribution in [0.25, 0.3) is 11.3 Å². The number of halogens is 1. The number of aromatic amines is 1. The fourth-order valence-electron chi connectivity index (χ4n) is 2.37. The van der Waals surface area contributed by atoms with Gasteiger partial charge in [0.15, 0.2) is 0 Å². The van der Waals surface area contributed by atoms with E-state index in [4.69, 9.17) is 11.6 Å². The molecule has 0 bridgehead atoms. The number of nitrogens with zero attached hydrogens (tertiary/aromatic N) is 2. The molecule has 3 aromatic rings. The first-order chi connectivity index (χ1) is 11.1. The zero-order chi connectivity index (χ0) is 16.2. The number of benzene rings is 2. The van der Waals surface area contributed by atoms with Crippen LogP contribution in [0, 0.1) is 0 Å². The maximum Gasteiger partial charge on any atom is 0.271 e. The summed E-state index contributed by atoms with van der Waals surface area (Å²) < 4.78 is 0. The molecule has 2 aromatic carbocycles. The minimum atomic E-state index is -0.111. The summed E-state index contributed by atoms with van der Waals surface area (Å²) in [5.74, 6) is -0.111. The molecule has 116 valence electrons. The lowest BCUT2D eigenvalue weighted by Gasteiger charge is -2.16. The summed E-state index contributed by atoms with van der Waals surface area (Å²) in [5, 5.41) is 7.70. The number of hydrogen-bond acceptors (Lipinski definition) is 2. The van der Waals surface area contributed by atoms with E-state index in [0.717, 1.165) is 16.8 Å². The molecule has 0 saturated carbocycles. The first-order valence-electron chi connectivity index (χ1n) is 7.24. The van der Waals surface area contributed by atoms with Crippen molar-refractivity contribution in [2.24, 2.45) is 0 Å². The third kappa shape index (κ3) is 3.60. The lowest BCUT2D eigenvalue weighted by Crippen LogP contribution is -2.26. The van der Waals surface area contributed by atoms with Crippen molar-refractivity contribution >= 4 is 17.5 Å². The summed E-state index contributed by atoms with van der Waals surface area (Å²) in [6.07, 6.45) is 0. The van der Waals surface area contributed by atoms with Crippen molar-refractivity contribution in [3.8, 4) is 11.3 Å². The molecule has 1 heterocycles. The maximum atomic E-state index is 12.5. The number of rotatable bonds is 4. The molecule has 1 amide bonds. The van der Waals surface area contributed by atoms with Gasteiger partial charge in [-0.3, -0.25) is 9.89 Å². The minimum Gasteiger partial charge on any atom is -0.336 e. The largest absolute Gasteiger partial charge is 0.336 e. The van der Waals surface area contributed by atoms with Crippen molar-refractivity contribution < 1.29 is 4.79 Å². The molecule has 23 heavy (non-hydrogen) atoms. The SMILES string of the molecule is CN(Cc1cccc(Cl)c1)C(=O)c1cc(-c2ccccc2)n[nH]1. The van der Waals surface area contributed by atoms with Gasteiger partial charge < -0.3 is 4.90 Å². The summed E-state index contributed by atoms with van der Waals surface area (Å²) in [4.78, 5) is 14.1. The smallest absolute Gasteiger partial charge is 0.271 e. The molecule has 0 saturated heterocycles. The molecule has 1 N–H and O–H groups in total. The van der Waals surface area contributed by atoms with Crippen molar-refractivity contribution in [1.82, 2.24) is 15.1 Å². The number of aromatic nitrogens is 2. The summed E-state index contributed by atoms with van der Waals surface area (Å²) in [5.41, 5.74) is 3.18. The van der Waals surface area contributed by atoms with Gasteiger partial charge in [0.05, 0.1) is 5.69 Å². The summed E-state index contributed by atoms with van der Waals surface area (Å²) in [7, 11) is 1.76. The molecule has 0 aliphatic rings. The van der Waals surface area contributed by atoms with Gasteiger partial charge in [-0.05, 0) is 23.8 Å². The van der Waals surface area contributed by atoms with Crippen LogP contribution in [-0.4, -0.2) is 28.1 Å². The Balaban J connectivity index is 1.74. The van der Waals surface area contributed by atoms with Crippen molar-refractivity contribution in [2.75, 3.05) is 7.05 Å². The van der Waals surface area contributed by atoms with Gasteiger partial charge in [0.1, 0.15) is 5.69 Å². The fourth-order valence-corrected chi connectivity index (χ4v) is 2.59. The lowest BCUT2D eigenvalue weighted by molar-refractivity contribution is 0.0779. The van der Waals surface area contributed by atoms with E-state index in [9.17, 15) is 4.79 Å². The zero-order valence-electron chi connectivity index (χ0n) is 12.7. The highest BCUT2D eigenvalue weighted by Gasteiger charge is 2.15. The molecule has 0 radical (unpaired) electrons. The first kappa shape index (κ1) is 15.3. The van der Waals surface area contributed by atoms with E-state index in [-0.39, 0.29) is 5.91 Å². The van der Waals surface area contributed by atoms with E-state index < -0.39 is 0 Å². The van der Waals surface area contributed by atoms with Crippen LogP contribution in [0.4, 0.5) is 0 Å². The maximum absolute atomic E-state index is 12.5. The predicted molar refractivity (Wildman–Crippen MR) is 91.3 cm³/mol. The van der Waals surface area contributed by atoms with Crippen LogP contribution in [0.15, 0.2) is 60.7 Å². The summed E-state index contributed by atoms with van der Waals surface area (Å²) in [6, 6.07) is 19.0. The van der Waals surface area contributed by atoms with Crippen LogP contribution >= 0.6 is 11.6 Å². The molecule has 0 atom stereocenters. The second-order valence-corrected chi connectivity index (χ2v) is 5.76. The van der Waals surface area contributed by atoms with Gasteiger partial charge >= 0.3 is 0 Å². The number of nitrogens with one attached hydrogen (secondary N) is 1. The molecule has 0 fully saturated rings. The van der Waals surface area contributed by atoms with Gasteiger partial charge in [0.25, 0.3) is 5.91 Å². The Morgan fingerprint density at radius 3 is 2.65 bits per heavy atom. The molecule has 3 rings (SSSR count). The van der Waals surface area contributed by atoms with Crippen LogP contribution in [0.2, 0.25) is 5.02 Å². The quantitative estimate of drug-likeness (QED) is 0.788.